The largest absolute Gasteiger partial charge is 0.444 e. The summed E-state index contributed by atoms with van der Waals surface area (Å²) in [5.41, 5.74) is 1.96. The molecule has 23 heavy (non-hydrogen) atoms. The Morgan fingerprint density at radius 1 is 1.30 bits per heavy atom. The van der Waals surface area contributed by atoms with Crippen LogP contribution in [0.2, 0.25) is 4.34 Å². The van der Waals surface area contributed by atoms with Crippen LogP contribution in [0.3, 0.4) is 0 Å². The van der Waals surface area contributed by atoms with E-state index < -0.39 is 0 Å². The molecule has 1 aromatic carbocycles. The number of Topliss-reactive ketones (excluding diaryl/α,β-unsaturated/α-hetero) is 1. The Labute approximate surface area is 143 Å². The maximum atomic E-state index is 12.1. The van der Waals surface area contributed by atoms with Gasteiger partial charge in [-0.05, 0) is 37.6 Å². The molecule has 1 aliphatic heterocycles. The summed E-state index contributed by atoms with van der Waals surface area (Å²) in [6, 6.07) is 11.2. The smallest absolute Gasteiger partial charge is 0.414 e. The number of carbonyl (C=O) groups excluding carboxylic acids is 2. The molecule has 4 nitrogen and oxygen atoms in total. The maximum absolute atomic E-state index is 12.1. The number of anilines is 1. The van der Waals surface area contributed by atoms with Crippen LogP contribution in [0.5, 0.6) is 0 Å². The van der Waals surface area contributed by atoms with Crippen molar-refractivity contribution in [2.45, 2.75) is 25.9 Å². The summed E-state index contributed by atoms with van der Waals surface area (Å²) in [5.74, 6) is 0.0340. The second-order valence-electron chi connectivity index (χ2n) is 5.52. The molecule has 1 fully saturated rings. The predicted molar refractivity (Wildman–Crippen MR) is 91.7 cm³/mol. The predicted octanol–water partition coefficient (Wildman–Crippen LogP) is 4.70. The topological polar surface area (TPSA) is 46.6 Å². The van der Waals surface area contributed by atoms with Gasteiger partial charge in [-0.1, -0.05) is 29.3 Å². The number of rotatable bonds is 5. The molecule has 1 aliphatic rings. The molecule has 0 bridgehead atoms. The number of ether oxygens (including phenoxy) is 1. The minimum absolute atomic E-state index is 0.0340. The van der Waals surface area contributed by atoms with E-state index in [0.29, 0.717) is 28.6 Å². The highest BCUT2D eigenvalue weighted by molar-refractivity contribution is 7.18. The number of halogens is 1. The van der Waals surface area contributed by atoms with E-state index in [0.717, 1.165) is 11.3 Å². The van der Waals surface area contributed by atoms with Crippen molar-refractivity contribution < 1.29 is 14.3 Å². The molecule has 0 saturated carbocycles. The Morgan fingerprint density at radius 2 is 2.04 bits per heavy atom. The average Bonchev–Trinajstić information content (AvgIpc) is 3.12. The Hall–Kier alpha value is -1.85. The third kappa shape index (κ3) is 3.74. The zero-order valence-electron chi connectivity index (χ0n) is 12.6. The van der Waals surface area contributed by atoms with Crippen molar-refractivity contribution in [3.8, 4) is 0 Å². The number of nitrogens with zero attached hydrogens (tertiary/aromatic N) is 1. The molecule has 0 unspecified atom stereocenters. The van der Waals surface area contributed by atoms with Gasteiger partial charge in [-0.15, -0.1) is 11.3 Å². The van der Waals surface area contributed by atoms with Crippen molar-refractivity contribution in [2.24, 2.45) is 0 Å². The molecule has 1 aromatic heterocycles. The van der Waals surface area contributed by atoms with Crippen molar-refractivity contribution in [3.05, 3.63) is 51.2 Å². The van der Waals surface area contributed by atoms with Gasteiger partial charge < -0.3 is 4.74 Å². The van der Waals surface area contributed by atoms with Gasteiger partial charge in [0.25, 0.3) is 0 Å². The molecule has 0 N–H and O–H groups in total. The average molecular weight is 350 g/mol. The van der Waals surface area contributed by atoms with E-state index in [9.17, 15) is 9.59 Å². The van der Waals surface area contributed by atoms with Gasteiger partial charge in [0, 0.05) is 12.1 Å². The van der Waals surface area contributed by atoms with Crippen LogP contribution in [0.1, 0.15) is 28.1 Å². The monoisotopic (exact) mass is 349 g/mol. The van der Waals surface area contributed by atoms with Gasteiger partial charge in [0.2, 0.25) is 0 Å². The van der Waals surface area contributed by atoms with Crippen LogP contribution in [0.4, 0.5) is 10.5 Å². The molecule has 1 amide bonds. The third-order valence-electron chi connectivity index (χ3n) is 3.76. The normalized spacial score (nSPS) is 17.4. The lowest BCUT2D eigenvalue weighted by molar-refractivity contribution is 0.0943. The van der Waals surface area contributed by atoms with Crippen LogP contribution >= 0.6 is 22.9 Å². The molecule has 0 aliphatic carbocycles. The van der Waals surface area contributed by atoms with Crippen molar-refractivity contribution >= 4 is 40.5 Å². The van der Waals surface area contributed by atoms with Crippen LogP contribution in [0, 0.1) is 6.92 Å². The number of aryl methyl sites for hydroxylation is 1. The van der Waals surface area contributed by atoms with Gasteiger partial charge in [0.15, 0.2) is 5.78 Å². The second-order valence-corrected chi connectivity index (χ2v) is 7.23. The van der Waals surface area contributed by atoms with Crippen LogP contribution in [0.25, 0.3) is 0 Å². The van der Waals surface area contributed by atoms with Crippen molar-refractivity contribution in [1.82, 2.24) is 0 Å². The fourth-order valence-corrected chi connectivity index (χ4v) is 3.50. The molecule has 0 radical (unpaired) electrons. The first-order valence-electron chi connectivity index (χ1n) is 7.36. The van der Waals surface area contributed by atoms with Crippen molar-refractivity contribution in [2.75, 3.05) is 11.4 Å². The summed E-state index contributed by atoms with van der Waals surface area (Å²) >= 11 is 7.11. The molecule has 1 saturated heterocycles. The highest BCUT2D eigenvalue weighted by Crippen LogP contribution is 2.26. The van der Waals surface area contributed by atoms with Gasteiger partial charge in [-0.2, -0.15) is 0 Å². The highest BCUT2D eigenvalue weighted by atomic mass is 35.5. The van der Waals surface area contributed by atoms with E-state index in [1.165, 1.54) is 11.3 Å². The van der Waals surface area contributed by atoms with Crippen molar-refractivity contribution in [1.29, 1.82) is 0 Å². The van der Waals surface area contributed by atoms with Crippen LogP contribution in [-0.2, 0) is 4.74 Å². The number of ketones is 1. The van der Waals surface area contributed by atoms with Crippen LogP contribution in [-0.4, -0.2) is 24.5 Å². The summed E-state index contributed by atoms with van der Waals surface area (Å²) in [6.07, 6.45) is 0.243. The molecule has 2 aromatic rings. The summed E-state index contributed by atoms with van der Waals surface area (Å²) in [5, 5.41) is 0. The van der Waals surface area contributed by atoms with Crippen molar-refractivity contribution in [3.63, 3.8) is 0 Å². The lowest BCUT2D eigenvalue weighted by atomic mass is 10.1. The SMILES string of the molecule is Cc1ccc(N2C[C@H](CCC(=O)c3ccc(Cl)s3)OC2=O)cc1. The number of hydrogen-bond donors (Lipinski definition) is 0. The molecule has 0 spiro atoms. The van der Waals surface area contributed by atoms with Gasteiger partial charge in [-0.3, -0.25) is 9.69 Å². The number of carbonyl (C=O) groups is 2. The zero-order chi connectivity index (χ0) is 16.4. The lowest BCUT2D eigenvalue weighted by Gasteiger charge is -2.12. The van der Waals surface area contributed by atoms with Gasteiger partial charge in [0.05, 0.1) is 15.8 Å². The zero-order valence-corrected chi connectivity index (χ0v) is 14.2. The fourth-order valence-electron chi connectivity index (χ4n) is 2.49. The first-order chi connectivity index (χ1) is 11.0. The molecular weight excluding hydrogens is 334 g/mol. The van der Waals surface area contributed by atoms with Gasteiger partial charge in [-0.25, -0.2) is 4.79 Å². The van der Waals surface area contributed by atoms with Gasteiger partial charge in [0.1, 0.15) is 6.10 Å². The first-order valence-corrected chi connectivity index (χ1v) is 8.56. The van der Waals surface area contributed by atoms with E-state index in [2.05, 4.69) is 0 Å². The third-order valence-corrected chi connectivity index (χ3v) is 5.03. The van der Waals surface area contributed by atoms with E-state index >= 15 is 0 Å². The molecular formula is C17H16ClNO3S. The molecule has 6 heteroatoms. The Kier molecular flexibility index (Phi) is 4.68. The highest BCUT2D eigenvalue weighted by Gasteiger charge is 2.32. The Balaban J connectivity index is 1.57. The lowest BCUT2D eigenvalue weighted by Crippen LogP contribution is -2.24. The molecule has 2 heterocycles. The fraction of sp³-hybridized carbons (Fsp3) is 0.294. The summed E-state index contributed by atoms with van der Waals surface area (Å²) in [4.78, 5) is 26.3. The van der Waals surface area contributed by atoms with E-state index in [1.807, 2.05) is 31.2 Å². The van der Waals surface area contributed by atoms with E-state index in [1.54, 1.807) is 17.0 Å². The number of benzene rings is 1. The van der Waals surface area contributed by atoms with Crippen LogP contribution < -0.4 is 4.90 Å². The van der Waals surface area contributed by atoms with Crippen LogP contribution in [0.15, 0.2) is 36.4 Å². The Bertz CT molecular complexity index is 726. The standard InChI is InChI=1S/C17H16ClNO3S/c1-11-2-4-12(5-3-11)19-10-13(22-17(19)21)6-7-14(20)15-8-9-16(18)23-15/h2-5,8-9,13H,6-7,10H2,1H3/t13-/m0/s1. The quantitative estimate of drug-likeness (QED) is 0.735. The first kappa shape index (κ1) is 16.0. The number of thiophene rings is 1. The second kappa shape index (κ2) is 6.72. The minimum atomic E-state index is -0.356. The summed E-state index contributed by atoms with van der Waals surface area (Å²) in [7, 11) is 0. The number of cyclic esters (lactones) is 1. The maximum Gasteiger partial charge on any atom is 0.414 e. The molecule has 1 atom stereocenters. The van der Waals surface area contributed by atoms with E-state index in [4.69, 9.17) is 16.3 Å². The number of hydrogen-bond acceptors (Lipinski definition) is 4. The van der Waals surface area contributed by atoms with Gasteiger partial charge >= 0.3 is 6.09 Å². The summed E-state index contributed by atoms with van der Waals surface area (Å²) < 4.78 is 5.97. The molecule has 3 rings (SSSR count). The summed E-state index contributed by atoms with van der Waals surface area (Å²) in [6.45, 7) is 2.47. The number of amides is 1. The Morgan fingerprint density at radius 3 is 2.70 bits per heavy atom. The minimum Gasteiger partial charge on any atom is -0.444 e. The van der Waals surface area contributed by atoms with E-state index in [-0.39, 0.29) is 18.0 Å². The molecule has 120 valence electrons.